The molecule has 24 valence electrons. The van der Waals surface area contributed by atoms with Crippen LogP contribution in [0.2, 0.25) is 0 Å². The van der Waals surface area contributed by atoms with Gasteiger partial charge in [0.05, 0.1) is 0 Å². The van der Waals surface area contributed by atoms with E-state index in [9.17, 15) is 0 Å². The van der Waals surface area contributed by atoms with E-state index in [4.69, 9.17) is 15.0 Å². The fourth-order valence-electron chi connectivity index (χ4n) is 0. The van der Waals surface area contributed by atoms with E-state index >= 15 is 0 Å². The number of carbonyl (C=O) groups is 1. The van der Waals surface area contributed by atoms with Crippen molar-refractivity contribution in [3.8, 4) is 0 Å². The molecule has 0 saturated carbocycles. The number of hydrogen-bond acceptors (Lipinski definition) is 1. The predicted molar refractivity (Wildman–Crippen MR) is 10.7 cm³/mol. The first-order valence-electron chi connectivity index (χ1n) is 0.651. The molecule has 3 nitrogen and oxygen atoms in total. The molecule has 0 aliphatic heterocycles. The van der Waals surface area contributed by atoms with E-state index in [2.05, 4.69) is 0 Å². The normalized spacial score (nSPS) is 3.43. The third-order valence-corrected chi connectivity index (χ3v) is 0. The molecule has 0 aliphatic rings. The molecule has 0 bridgehead atoms. The summed E-state index contributed by atoms with van der Waals surface area (Å²) in [5.74, 6) is 0. The van der Waals surface area contributed by atoms with Crippen LogP contribution in [-0.4, -0.2) is 16.4 Å². The Morgan fingerprint density at radius 3 is 1.00 bits per heavy atom. The Morgan fingerprint density at radius 2 is 1.00 bits per heavy atom. The van der Waals surface area contributed by atoms with Gasteiger partial charge < -0.3 is 10.2 Å². The minimum atomic E-state index is -1.83. The fourth-order valence-corrected chi connectivity index (χ4v) is 0. The van der Waals surface area contributed by atoms with E-state index in [0.717, 1.165) is 0 Å². The smallest absolute Gasteiger partial charge is 0.450 e. The van der Waals surface area contributed by atoms with Gasteiger partial charge in [0.15, 0.2) is 0 Å². The van der Waals surface area contributed by atoms with E-state index < -0.39 is 6.16 Å². The van der Waals surface area contributed by atoms with E-state index in [1.807, 2.05) is 0 Å². The van der Waals surface area contributed by atoms with Crippen LogP contribution in [-0.2, 0) is 0 Å². The topological polar surface area (TPSA) is 57.5 Å². The van der Waals surface area contributed by atoms with Crippen LogP contribution in [0.5, 0.6) is 0 Å². The number of rotatable bonds is 0. The molecule has 0 aromatic rings. The van der Waals surface area contributed by atoms with Crippen LogP contribution in [0.1, 0.15) is 0 Å². The molecule has 2 N–H and O–H groups in total. The van der Waals surface area contributed by atoms with Crippen LogP contribution in [0.3, 0.4) is 0 Å². The zero-order valence-electron chi connectivity index (χ0n) is 4.80. The zero-order valence-corrected chi connectivity index (χ0v) is 14.2. The van der Waals surface area contributed by atoms with Gasteiger partial charge in [0.25, 0.3) is 0 Å². The molecule has 0 spiro atoms. The maximum absolute atomic E-state index is 8.56. The second-order valence-corrected chi connectivity index (χ2v) is 0.283. The first-order chi connectivity index (χ1) is 1.73. The van der Waals surface area contributed by atoms with Gasteiger partial charge in [0, 0.05) is 0 Å². The predicted octanol–water partition coefficient (Wildman–Crippen LogP) is -8.77. The molecule has 0 atom stereocenters. The average molecular weight is 179 g/mol. The summed E-state index contributed by atoms with van der Waals surface area (Å²) in [6.45, 7) is 0. The standard InChI is InChI=1S/CH2O3.3K/c2-1(3)4;;;/h(H2,2,3,4);;;/q;3*+1. The Morgan fingerprint density at radius 1 is 1.00 bits per heavy atom. The molecular weight excluding hydrogens is 177 g/mol. The fraction of sp³-hybridized carbons (Fsp3) is 0. The Balaban J connectivity index is -0.0000000150. The second-order valence-electron chi connectivity index (χ2n) is 0.283. The summed E-state index contributed by atoms with van der Waals surface area (Å²) in [5, 5.41) is 13.9. The Hall–Kier alpha value is 4.18. The monoisotopic (exact) mass is 179 g/mol. The van der Waals surface area contributed by atoms with Crippen molar-refractivity contribution in [1.29, 1.82) is 0 Å². The van der Waals surface area contributed by atoms with Gasteiger partial charge in [-0.3, -0.25) is 0 Å². The van der Waals surface area contributed by atoms with E-state index in [0.29, 0.717) is 0 Å². The van der Waals surface area contributed by atoms with Crippen LogP contribution in [0.25, 0.3) is 0 Å². The Labute approximate surface area is 169 Å². The van der Waals surface area contributed by atoms with Crippen LogP contribution in [0.4, 0.5) is 4.79 Å². The van der Waals surface area contributed by atoms with Crippen molar-refractivity contribution >= 4 is 6.16 Å². The molecule has 6 heteroatoms. The van der Waals surface area contributed by atoms with Crippen LogP contribution < -0.4 is 154 Å². The van der Waals surface area contributed by atoms with Gasteiger partial charge in [-0.1, -0.05) is 0 Å². The van der Waals surface area contributed by atoms with E-state index in [1.54, 1.807) is 0 Å². The molecule has 0 amide bonds. The summed E-state index contributed by atoms with van der Waals surface area (Å²) in [6, 6.07) is 0. The second kappa shape index (κ2) is 16.6. The summed E-state index contributed by atoms with van der Waals surface area (Å²) < 4.78 is 0. The Kier molecular flexibility index (Phi) is 53.4. The van der Waals surface area contributed by atoms with Gasteiger partial charge in [-0.2, -0.15) is 0 Å². The molecule has 7 heavy (non-hydrogen) atoms. The van der Waals surface area contributed by atoms with Crippen molar-refractivity contribution in [1.82, 2.24) is 0 Å². The SMILES string of the molecule is O=C(O)O.[K+].[K+].[K+]. The van der Waals surface area contributed by atoms with Crippen LogP contribution in [0, 0.1) is 0 Å². The zero-order chi connectivity index (χ0) is 3.58. The van der Waals surface area contributed by atoms with Gasteiger partial charge >= 0.3 is 160 Å². The largest absolute Gasteiger partial charge is 1.00 e. The minimum absolute atomic E-state index is 0. The van der Waals surface area contributed by atoms with Crippen molar-refractivity contribution in [3.05, 3.63) is 0 Å². The average Bonchev–Trinajstić information content (AvgIpc) is 0.811. The minimum Gasteiger partial charge on any atom is -0.450 e. The van der Waals surface area contributed by atoms with Gasteiger partial charge in [-0.05, 0) is 0 Å². The van der Waals surface area contributed by atoms with Crippen molar-refractivity contribution in [3.63, 3.8) is 0 Å². The van der Waals surface area contributed by atoms with Crippen LogP contribution in [0.15, 0.2) is 0 Å². The molecular formula is CH2K3O3+3. The summed E-state index contributed by atoms with van der Waals surface area (Å²) >= 11 is 0. The van der Waals surface area contributed by atoms with Crippen molar-refractivity contribution in [2.45, 2.75) is 0 Å². The number of carboxylic acid groups (broad SMARTS) is 2. The molecule has 0 aromatic heterocycles. The Bertz CT molecular complexity index is 33.2. The first-order valence-corrected chi connectivity index (χ1v) is 0.651. The van der Waals surface area contributed by atoms with E-state index in [-0.39, 0.29) is 154 Å². The molecule has 0 aromatic carbocycles. The first kappa shape index (κ1) is 22.5. The molecule has 0 radical (unpaired) electrons. The third-order valence-electron chi connectivity index (χ3n) is 0. The molecule has 0 aliphatic carbocycles. The van der Waals surface area contributed by atoms with Crippen LogP contribution >= 0.6 is 0 Å². The maximum Gasteiger partial charge on any atom is 1.00 e. The third kappa shape index (κ3) is 39.0. The van der Waals surface area contributed by atoms with Crippen molar-refractivity contribution < 1.29 is 169 Å². The summed E-state index contributed by atoms with van der Waals surface area (Å²) in [6.07, 6.45) is -1.83. The molecule has 0 unspecified atom stereocenters. The van der Waals surface area contributed by atoms with Gasteiger partial charge in [-0.25, -0.2) is 4.79 Å². The van der Waals surface area contributed by atoms with Gasteiger partial charge in [0.1, 0.15) is 0 Å². The summed E-state index contributed by atoms with van der Waals surface area (Å²) in [7, 11) is 0. The molecule has 0 fully saturated rings. The van der Waals surface area contributed by atoms with E-state index in [1.165, 1.54) is 0 Å². The quantitative estimate of drug-likeness (QED) is 0.363. The molecule has 0 saturated heterocycles. The van der Waals surface area contributed by atoms with Crippen molar-refractivity contribution in [2.24, 2.45) is 0 Å². The summed E-state index contributed by atoms with van der Waals surface area (Å²) in [5.41, 5.74) is 0. The van der Waals surface area contributed by atoms with Gasteiger partial charge in [-0.15, -0.1) is 0 Å². The molecule has 0 rings (SSSR count). The summed E-state index contributed by atoms with van der Waals surface area (Å²) in [4.78, 5) is 8.56. The maximum atomic E-state index is 8.56. The molecule has 0 heterocycles. The number of hydrogen-bond donors (Lipinski definition) is 2. The van der Waals surface area contributed by atoms with Gasteiger partial charge in [0.2, 0.25) is 0 Å². The van der Waals surface area contributed by atoms with Crippen molar-refractivity contribution in [2.75, 3.05) is 0 Å².